The molecule has 108 valence electrons. The minimum absolute atomic E-state index is 0.0392. The first-order valence-electron chi connectivity index (χ1n) is 8.10. The largest absolute Gasteiger partial charge is 0.393 e. The van der Waals surface area contributed by atoms with Crippen molar-refractivity contribution in [3.05, 3.63) is 12.7 Å². The zero-order valence-electron chi connectivity index (χ0n) is 12.5. The molecule has 0 fully saturated rings. The number of aliphatic hydroxyl groups is 1. The van der Waals surface area contributed by atoms with E-state index in [1.54, 1.807) is 0 Å². The summed E-state index contributed by atoms with van der Waals surface area (Å²) in [5.74, 6) is 0. The van der Waals surface area contributed by atoms with Crippen LogP contribution in [0.25, 0.3) is 0 Å². The number of rotatable bonds is 14. The summed E-state index contributed by atoms with van der Waals surface area (Å²) in [6, 6.07) is 0. The smallest absolute Gasteiger partial charge is 0.0540 e. The molecule has 0 bridgehead atoms. The van der Waals surface area contributed by atoms with E-state index in [1.165, 1.54) is 64.2 Å². The Balaban J connectivity index is 3.10. The van der Waals surface area contributed by atoms with Crippen LogP contribution in [0.3, 0.4) is 0 Å². The first-order valence-corrected chi connectivity index (χ1v) is 8.10. The van der Waals surface area contributed by atoms with Gasteiger partial charge in [-0.3, -0.25) is 0 Å². The standard InChI is InChI=1S/C17H34O/c1-3-5-7-9-10-11-12-14-16-17(18)15-13-8-6-4-2/h3,17-18H,1,4-16H2,2H3/t17-/m0/s1. The zero-order chi connectivity index (χ0) is 13.5. The second kappa shape index (κ2) is 14.8. The predicted molar refractivity (Wildman–Crippen MR) is 81.9 cm³/mol. The van der Waals surface area contributed by atoms with Crippen molar-refractivity contribution >= 4 is 0 Å². The molecule has 0 aliphatic rings. The summed E-state index contributed by atoms with van der Waals surface area (Å²) in [4.78, 5) is 0. The molecule has 0 unspecified atom stereocenters. The van der Waals surface area contributed by atoms with Crippen LogP contribution in [-0.2, 0) is 0 Å². The normalized spacial score (nSPS) is 12.6. The molecule has 0 aromatic rings. The van der Waals surface area contributed by atoms with Gasteiger partial charge in [-0.1, -0.05) is 70.8 Å². The summed E-state index contributed by atoms with van der Waals surface area (Å²) >= 11 is 0. The number of hydrogen-bond acceptors (Lipinski definition) is 1. The molecule has 0 radical (unpaired) electrons. The van der Waals surface area contributed by atoms with Gasteiger partial charge in [0.05, 0.1) is 6.10 Å². The summed E-state index contributed by atoms with van der Waals surface area (Å²) < 4.78 is 0. The lowest BCUT2D eigenvalue weighted by molar-refractivity contribution is 0.147. The average Bonchev–Trinajstić information content (AvgIpc) is 2.38. The van der Waals surface area contributed by atoms with Crippen LogP contribution in [-0.4, -0.2) is 11.2 Å². The van der Waals surface area contributed by atoms with Gasteiger partial charge in [-0.25, -0.2) is 0 Å². The van der Waals surface area contributed by atoms with Crippen LogP contribution < -0.4 is 0 Å². The summed E-state index contributed by atoms with van der Waals surface area (Å²) in [5, 5.41) is 9.81. The molecule has 1 nitrogen and oxygen atoms in total. The molecular weight excluding hydrogens is 220 g/mol. The third-order valence-corrected chi connectivity index (χ3v) is 3.59. The van der Waals surface area contributed by atoms with Crippen LogP contribution in [0.15, 0.2) is 12.7 Å². The zero-order valence-corrected chi connectivity index (χ0v) is 12.5. The van der Waals surface area contributed by atoms with E-state index < -0.39 is 0 Å². The average molecular weight is 254 g/mol. The fourth-order valence-electron chi connectivity index (χ4n) is 2.33. The molecule has 0 aromatic heterocycles. The van der Waals surface area contributed by atoms with Crippen LogP contribution in [0.5, 0.6) is 0 Å². The van der Waals surface area contributed by atoms with Crippen LogP contribution >= 0.6 is 0 Å². The van der Waals surface area contributed by atoms with Gasteiger partial charge in [0.2, 0.25) is 0 Å². The van der Waals surface area contributed by atoms with Crippen LogP contribution in [0, 0.1) is 0 Å². The fraction of sp³-hybridized carbons (Fsp3) is 0.882. The molecule has 1 atom stereocenters. The predicted octanol–water partition coefficient (Wildman–Crippen LogP) is 5.62. The van der Waals surface area contributed by atoms with Gasteiger partial charge >= 0.3 is 0 Å². The third-order valence-electron chi connectivity index (χ3n) is 3.59. The van der Waals surface area contributed by atoms with Gasteiger partial charge in [0.1, 0.15) is 0 Å². The third kappa shape index (κ3) is 13.8. The van der Waals surface area contributed by atoms with E-state index in [1.807, 2.05) is 6.08 Å². The molecule has 1 N–H and O–H groups in total. The number of allylic oxidation sites excluding steroid dienone is 1. The van der Waals surface area contributed by atoms with Crippen molar-refractivity contribution in [3.63, 3.8) is 0 Å². The molecule has 0 aliphatic heterocycles. The second-order valence-electron chi connectivity index (χ2n) is 5.49. The lowest BCUT2D eigenvalue weighted by atomic mass is 10.0. The summed E-state index contributed by atoms with van der Waals surface area (Å²) in [5.41, 5.74) is 0. The summed E-state index contributed by atoms with van der Waals surface area (Å²) in [6.45, 7) is 5.96. The SMILES string of the molecule is C=CCCCCCCCC[C@@H](O)CCCCCC. The topological polar surface area (TPSA) is 20.2 Å². The van der Waals surface area contributed by atoms with Gasteiger partial charge in [0.15, 0.2) is 0 Å². The van der Waals surface area contributed by atoms with Crippen molar-refractivity contribution in [3.8, 4) is 0 Å². The maximum absolute atomic E-state index is 9.81. The summed E-state index contributed by atoms with van der Waals surface area (Å²) in [6.07, 6.45) is 18.1. The van der Waals surface area contributed by atoms with Gasteiger partial charge in [0.25, 0.3) is 0 Å². The lowest BCUT2D eigenvalue weighted by Crippen LogP contribution is -2.05. The van der Waals surface area contributed by atoms with Crippen molar-refractivity contribution in [1.29, 1.82) is 0 Å². The Kier molecular flexibility index (Phi) is 14.5. The Morgan fingerprint density at radius 1 is 0.833 bits per heavy atom. The molecule has 0 amide bonds. The number of unbranched alkanes of at least 4 members (excludes halogenated alkanes) is 9. The number of hydrogen-bond donors (Lipinski definition) is 1. The molecule has 0 saturated heterocycles. The Bertz CT molecular complexity index is 165. The highest BCUT2D eigenvalue weighted by atomic mass is 16.3. The highest BCUT2D eigenvalue weighted by Crippen LogP contribution is 2.13. The molecule has 0 aromatic carbocycles. The monoisotopic (exact) mass is 254 g/mol. The minimum atomic E-state index is -0.0392. The fourth-order valence-corrected chi connectivity index (χ4v) is 2.33. The Morgan fingerprint density at radius 3 is 1.89 bits per heavy atom. The molecule has 0 saturated carbocycles. The molecule has 0 rings (SSSR count). The van der Waals surface area contributed by atoms with Crippen LogP contribution in [0.2, 0.25) is 0 Å². The van der Waals surface area contributed by atoms with Crippen molar-refractivity contribution in [2.75, 3.05) is 0 Å². The van der Waals surface area contributed by atoms with Gasteiger partial charge < -0.3 is 5.11 Å². The van der Waals surface area contributed by atoms with Gasteiger partial charge in [-0.15, -0.1) is 6.58 Å². The quantitative estimate of drug-likeness (QED) is 0.315. The highest BCUT2D eigenvalue weighted by Gasteiger charge is 2.03. The Hall–Kier alpha value is -0.300. The van der Waals surface area contributed by atoms with E-state index in [4.69, 9.17) is 0 Å². The molecular formula is C17H34O. The first-order chi connectivity index (χ1) is 8.81. The Labute approximate surface area is 115 Å². The molecule has 0 heterocycles. The number of aliphatic hydroxyl groups excluding tert-OH is 1. The Morgan fingerprint density at radius 2 is 1.33 bits per heavy atom. The van der Waals surface area contributed by atoms with E-state index in [-0.39, 0.29) is 6.10 Å². The molecule has 1 heteroatoms. The van der Waals surface area contributed by atoms with Crippen molar-refractivity contribution in [1.82, 2.24) is 0 Å². The van der Waals surface area contributed by atoms with Crippen LogP contribution in [0.4, 0.5) is 0 Å². The van der Waals surface area contributed by atoms with E-state index >= 15 is 0 Å². The lowest BCUT2D eigenvalue weighted by Gasteiger charge is -2.09. The van der Waals surface area contributed by atoms with Crippen molar-refractivity contribution in [2.24, 2.45) is 0 Å². The molecule has 0 spiro atoms. The molecule has 18 heavy (non-hydrogen) atoms. The van der Waals surface area contributed by atoms with Crippen molar-refractivity contribution in [2.45, 2.75) is 96.5 Å². The van der Waals surface area contributed by atoms with E-state index in [9.17, 15) is 5.11 Å². The highest BCUT2D eigenvalue weighted by molar-refractivity contribution is 4.65. The first kappa shape index (κ1) is 17.7. The van der Waals surface area contributed by atoms with Gasteiger partial charge in [-0.05, 0) is 25.7 Å². The van der Waals surface area contributed by atoms with E-state index in [0.717, 1.165) is 19.3 Å². The molecule has 0 aliphatic carbocycles. The maximum Gasteiger partial charge on any atom is 0.0540 e. The maximum atomic E-state index is 9.81. The summed E-state index contributed by atoms with van der Waals surface area (Å²) in [7, 11) is 0. The van der Waals surface area contributed by atoms with Crippen molar-refractivity contribution < 1.29 is 5.11 Å². The van der Waals surface area contributed by atoms with E-state index in [2.05, 4.69) is 13.5 Å². The minimum Gasteiger partial charge on any atom is -0.393 e. The van der Waals surface area contributed by atoms with E-state index in [0.29, 0.717) is 0 Å². The van der Waals surface area contributed by atoms with Crippen LogP contribution in [0.1, 0.15) is 90.4 Å². The van der Waals surface area contributed by atoms with Gasteiger partial charge in [0, 0.05) is 0 Å². The van der Waals surface area contributed by atoms with Gasteiger partial charge in [-0.2, -0.15) is 0 Å². The second-order valence-corrected chi connectivity index (χ2v) is 5.49.